The summed E-state index contributed by atoms with van der Waals surface area (Å²) in [5, 5.41) is 3.14. The van der Waals surface area contributed by atoms with Crippen LogP contribution in [0.15, 0.2) is 0 Å². The van der Waals surface area contributed by atoms with Gasteiger partial charge >= 0.3 is 0 Å². The van der Waals surface area contributed by atoms with E-state index in [0.717, 1.165) is 19.6 Å². The van der Waals surface area contributed by atoms with Crippen molar-refractivity contribution in [1.82, 2.24) is 19.2 Å². The zero-order valence-electron chi connectivity index (χ0n) is 11.5. The SMILES string of the molecule is CCN1CCOC(CNS(=O)(=O)N2CCNCC2)C1. The van der Waals surface area contributed by atoms with Crippen LogP contribution in [0, 0.1) is 0 Å². The number of nitrogens with zero attached hydrogens (tertiary/aromatic N) is 2. The predicted molar refractivity (Wildman–Crippen MR) is 73.2 cm³/mol. The van der Waals surface area contributed by atoms with Gasteiger partial charge < -0.3 is 10.1 Å². The van der Waals surface area contributed by atoms with Gasteiger partial charge in [-0.05, 0) is 6.54 Å². The third-order valence-electron chi connectivity index (χ3n) is 3.58. The molecule has 0 aliphatic carbocycles. The molecule has 2 fully saturated rings. The molecule has 0 spiro atoms. The van der Waals surface area contributed by atoms with Gasteiger partial charge in [0.25, 0.3) is 10.2 Å². The van der Waals surface area contributed by atoms with Gasteiger partial charge in [0.1, 0.15) is 0 Å². The first-order valence-electron chi connectivity index (χ1n) is 6.91. The smallest absolute Gasteiger partial charge is 0.279 e. The van der Waals surface area contributed by atoms with Crippen LogP contribution in [-0.2, 0) is 14.9 Å². The van der Waals surface area contributed by atoms with E-state index < -0.39 is 10.2 Å². The lowest BCUT2D eigenvalue weighted by atomic mass is 10.3. The van der Waals surface area contributed by atoms with Crippen LogP contribution >= 0.6 is 0 Å². The summed E-state index contributed by atoms with van der Waals surface area (Å²) < 4.78 is 33.9. The molecule has 7 nitrogen and oxygen atoms in total. The number of piperazine rings is 1. The van der Waals surface area contributed by atoms with Crippen LogP contribution in [0.5, 0.6) is 0 Å². The number of hydrogen-bond acceptors (Lipinski definition) is 5. The number of hydrogen-bond donors (Lipinski definition) is 2. The fourth-order valence-electron chi connectivity index (χ4n) is 2.37. The molecule has 2 N–H and O–H groups in total. The molecule has 2 saturated heterocycles. The lowest BCUT2D eigenvalue weighted by Crippen LogP contribution is -2.53. The van der Waals surface area contributed by atoms with Crippen LogP contribution in [0.4, 0.5) is 0 Å². The molecule has 8 heteroatoms. The van der Waals surface area contributed by atoms with Crippen molar-refractivity contribution < 1.29 is 13.2 Å². The summed E-state index contributed by atoms with van der Waals surface area (Å²) >= 11 is 0. The third kappa shape index (κ3) is 4.37. The van der Waals surface area contributed by atoms with Crippen molar-refractivity contribution in [2.24, 2.45) is 0 Å². The van der Waals surface area contributed by atoms with Gasteiger partial charge in [-0.1, -0.05) is 6.92 Å². The van der Waals surface area contributed by atoms with Crippen molar-refractivity contribution in [3.05, 3.63) is 0 Å². The Bertz CT molecular complexity index is 370. The standard InChI is InChI=1S/C11H24N4O3S/c1-2-14-7-8-18-11(10-14)9-13-19(16,17)15-5-3-12-4-6-15/h11-13H,2-10H2,1H3. The highest BCUT2D eigenvalue weighted by atomic mass is 32.2. The van der Waals surface area contributed by atoms with Crippen LogP contribution in [-0.4, -0.2) is 82.7 Å². The highest BCUT2D eigenvalue weighted by molar-refractivity contribution is 7.87. The lowest BCUT2D eigenvalue weighted by Gasteiger charge is -2.33. The van der Waals surface area contributed by atoms with E-state index in [1.54, 1.807) is 0 Å². The summed E-state index contributed by atoms with van der Waals surface area (Å²) in [6, 6.07) is 0. The zero-order chi connectivity index (χ0) is 13.7. The molecular formula is C11H24N4O3S. The highest BCUT2D eigenvalue weighted by Gasteiger charge is 2.26. The van der Waals surface area contributed by atoms with Gasteiger partial charge in [0.15, 0.2) is 0 Å². The molecule has 2 aliphatic rings. The molecule has 0 aromatic heterocycles. The first kappa shape index (κ1) is 15.1. The Hall–Kier alpha value is -0.250. The first-order chi connectivity index (χ1) is 9.12. The van der Waals surface area contributed by atoms with E-state index in [9.17, 15) is 8.42 Å². The van der Waals surface area contributed by atoms with Gasteiger partial charge in [-0.15, -0.1) is 0 Å². The average molecular weight is 292 g/mol. The van der Waals surface area contributed by atoms with Crippen LogP contribution in [0.1, 0.15) is 6.92 Å². The molecule has 2 heterocycles. The van der Waals surface area contributed by atoms with Crippen molar-refractivity contribution in [1.29, 1.82) is 0 Å². The second-order valence-electron chi connectivity index (χ2n) is 4.89. The van der Waals surface area contributed by atoms with E-state index in [0.29, 0.717) is 39.3 Å². The van der Waals surface area contributed by atoms with Gasteiger partial charge in [-0.2, -0.15) is 17.4 Å². The maximum atomic E-state index is 12.1. The molecule has 1 unspecified atom stereocenters. The zero-order valence-corrected chi connectivity index (χ0v) is 12.3. The minimum absolute atomic E-state index is 0.0496. The summed E-state index contributed by atoms with van der Waals surface area (Å²) in [5.41, 5.74) is 0. The quantitative estimate of drug-likeness (QED) is 0.641. The van der Waals surface area contributed by atoms with Crippen LogP contribution in [0.3, 0.4) is 0 Å². The van der Waals surface area contributed by atoms with Gasteiger partial charge in [0.2, 0.25) is 0 Å². The molecule has 0 radical (unpaired) electrons. The van der Waals surface area contributed by atoms with E-state index in [4.69, 9.17) is 4.74 Å². The van der Waals surface area contributed by atoms with Crippen molar-refractivity contribution in [2.75, 3.05) is 59.0 Å². The van der Waals surface area contributed by atoms with Gasteiger partial charge in [0.05, 0.1) is 12.7 Å². The highest BCUT2D eigenvalue weighted by Crippen LogP contribution is 2.05. The Morgan fingerprint density at radius 2 is 2.05 bits per heavy atom. The minimum atomic E-state index is -3.36. The summed E-state index contributed by atoms with van der Waals surface area (Å²) in [5.74, 6) is 0. The summed E-state index contributed by atoms with van der Waals surface area (Å²) in [7, 11) is -3.36. The largest absolute Gasteiger partial charge is 0.374 e. The van der Waals surface area contributed by atoms with Crippen molar-refractivity contribution >= 4 is 10.2 Å². The molecule has 112 valence electrons. The summed E-state index contributed by atoms with van der Waals surface area (Å²) in [6.07, 6.45) is -0.0496. The average Bonchev–Trinajstić information content (AvgIpc) is 2.46. The first-order valence-corrected chi connectivity index (χ1v) is 8.35. The topological polar surface area (TPSA) is 73.9 Å². The normalized spacial score (nSPS) is 27.5. The maximum Gasteiger partial charge on any atom is 0.279 e. The summed E-state index contributed by atoms with van der Waals surface area (Å²) in [6.45, 7) is 8.31. The fraction of sp³-hybridized carbons (Fsp3) is 1.00. The molecular weight excluding hydrogens is 268 g/mol. The molecule has 2 aliphatic heterocycles. The van der Waals surface area contributed by atoms with E-state index in [1.165, 1.54) is 4.31 Å². The number of likely N-dealkylation sites (N-methyl/N-ethyl adjacent to an activating group) is 1. The molecule has 1 atom stereocenters. The Kier molecular flexibility index (Phi) is 5.55. The van der Waals surface area contributed by atoms with E-state index in [2.05, 4.69) is 21.9 Å². The predicted octanol–water partition coefficient (Wildman–Crippen LogP) is -1.55. The van der Waals surface area contributed by atoms with Crippen LogP contribution < -0.4 is 10.0 Å². The monoisotopic (exact) mass is 292 g/mol. The molecule has 0 amide bonds. The number of morpholine rings is 1. The van der Waals surface area contributed by atoms with Crippen LogP contribution in [0.25, 0.3) is 0 Å². The number of nitrogens with one attached hydrogen (secondary N) is 2. The second kappa shape index (κ2) is 6.96. The lowest BCUT2D eigenvalue weighted by molar-refractivity contribution is -0.0230. The van der Waals surface area contributed by atoms with Gasteiger partial charge in [-0.3, -0.25) is 4.90 Å². The van der Waals surface area contributed by atoms with E-state index in [1.807, 2.05) is 0 Å². The molecule has 19 heavy (non-hydrogen) atoms. The number of ether oxygens (including phenoxy) is 1. The maximum absolute atomic E-state index is 12.1. The van der Waals surface area contributed by atoms with Gasteiger partial charge in [0, 0.05) is 45.8 Å². The van der Waals surface area contributed by atoms with E-state index in [-0.39, 0.29) is 6.10 Å². The molecule has 0 aromatic carbocycles. The van der Waals surface area contributed by atoms with Crippen LogP contribution in [0.2, 0.25) is 0 Å². The Morgan fingerprint density at radius 1 is 1.32 bits per heavy atom. The van der Waals surface area contributed by atoms with Gasteiger partial charge in [-0.25, -0.2) is 0 Å². The molecule has 2 rings (SSSR count). The molecule has 0 aromatic rings. The Balaban J connectivity index is 1.80. The van der Waals surface area contributed by atoms with Crippen molar-refractivity contribution in [3.63, 3.8) is 0 Å². The Labute approximate surface area is 115 Å². The molecule has 0 bridgehead atoms. The molecule has 0 saturated carbocycles. The third-order valence-corrected chi connectivity index (χ3v) is 5.16. The Morgan fingerprint density at radius 3 is 2.74 bits per heavy atom. The fourth-order valence-corrected chi connectivity index (χ4v) is 3.61. The van der Waals surface area contributed by atoms with Crippen molar-refractivity contribution in [3.8, 4) is 0 Å². The summed E-state index contributed by atoms with van der Waals surface area (Å²) in [4.78, 5) is 2.27. The van der Waals surface area contributed by atoms with E-state index >= 15 is 0 Å². The minimum Gasteiger partial charge on any atom is -0.374 e. The number of rotatable bonds is 5. The second-order valence-corrected chi connectivity index (χ2v) is 6.64. The van der Waals surface area contributed by atoms with Crippen molar-refractivity contribution in [2.45, 2.75) is 13.0 Å².